The molecule has 0 aliphatic carbocycles. The van der Waals surface area contributed by atoms with Gasteiger partial charge >= 0.3 is 0 Å². The van der Waals surface area contributed by atoms with Crippen LogP contribution in [0.25, 0.3) is 0 Å². The second-order valence-corrected chi connectivity index (χ2v) is 3.72. The molecule has 1 aromatic carbocycles. The summed E-state index contributed by atoms with van der Waals surface area (Å²) in [7, 11) is 0. The maximum absolute atomic E-state index is 8.89. The molecule has 2 atom stereocenters. The fourth-order valence-electron chi connectivity index (χ4n) is 1.33. The molecule has 0 saturated carbocycles. The third-order valence-corrected chi connectivity index (χ3v) is 2.59. The Morgan fingerprint density at radius 2 is 1.86 bits per heavy atom. The first kappa shape index (κ1) is 11.2. The Kier molecular flexibility index (Phi) is 3.63. The van der Waals surface area contributed by atoms with Crippen molar-refractivity contribution < 1.29 is 5.11 Å². The molecular formula is C11H18N2O. The van der Waals surface area contributed by atoms with Crippen molar-refractivity contribution in [1.82, 2.24) is 0 Å². The highest BCUT2D eigenvalue weighted by Gasteiger charge is 2.14. The number of aryl methyl sites for hydroxylation is 2. The van der Waals surface area contributed by atoms with Crippen molar-refractivity contribution in [3.8, 4) is 0 Å². The molecule has 0 radical (unpaired) electrons. The highest BCUT2D eigenvalue weighted by atomic mass is 16.3. The van der Waals surface area contributed by atoms with Crippen molar-refractivity contribution in [2.45, 2.75) is 25.9 Å². The van der Waals surface area contributed by atoms with Crippen LogP contribution in [0.15, 0.2) is 18.2 Å². The Labute approximate surface area is 84.7 Å². The van der Waals surface area contributed by atoms with E-state index in [4.69, 9.17) is 16.6 Å². The van der Waals surface area contributed by atoms with Crippen LogP contribution in [-0.2, 0) is 0 Å². The lowest BCUT2D eigenvalue weighted by molar-refractivity contribution is 0.250. The average Bonchev–Trinajstić information content (AvgIpc) is 2.20. The van der Waals surface area contributed by atoms with Gasteiger partial charge in [0.1, 0.15) is 0 Å². The van der Waals surface area contributed by atoms with Crippen molar-refractivity contribution in [3.05, 3.63) is 34.9 Å². The molecule has 0 spiro atoms. The minimum absolute atomic E-state index is 0.0892. The van der Waals surface area contributed by atoms with Crippen molar-refractivity contribution in [3.63, 3.8) is 0 Å². The highest BCUT2D eigenvalue weighted by molar-refractivity contribution is 5.32. The Balaban J connectivity index is 2.91. The van der Waals surface area contributed by atoms with E-state index in [0.717, 1.165) is 5.56 Å². The van der Waals surface area contributed by atoms with E-state index in [1.807, 2.05) is 25.1 Å². The standard InChI is InChI=1S/C11H18N2O/c1-7-3-4-9(5-8(7)2)11(13)10(12)6-14/h3-5,10-11,14H,6,12-13H2,1-2H3. The van der Waals surface area contributed by atoms with Crippen molar-refractivity contribution >= 4 is 0 Å². The Hall–Kier alpha value is -0.900. The van der Waals surface area contributed by atoms with Gasteiger partial charge in [0.15, 0.2) is 0 Å². The molecule has 0 aliphatic heterocycles. The van der Waals surface area contributed by atoms with E-state index < -0.39 is 6.04 Å². The number of hydrogen-bond acceptors (Lipinski definition) is 3. The van der Waals surface area contributed by atoms with E-state index in [-0.39, 0.29) is 12.6 Å². The number of nitrogens with two attached hydrogens (primary N) is 2. The minimum atomic E-state index is -0.392. The van der Waals surface area contributed by atoms with Gasteiger partial charge in [-0.25, -0.2) is 0 Å². The molecule has 14 heavy (non-hydrogen) atoms. The molecule has 1 rings (SSSR count). The summed E-state index contributed by atoms with van der Waals surface area (Å²) >= 11 is 0. The number of aliphatic hydroxyl groups is 1. The number of aliphatic hydroxyl groups excluding tert-OH is 1. The van der Waals surface area contributed by atoms with Gasteiger partial charge in [-0.1, -0.05) is 18.2 Å². The first-order valence-corrected chi connectivity index (χ1v) is 4.75. The highest BCUT2D eigenvalue weighted by Crippen LogP contribution is 2.16. The second kappa shape index (κ2) is 4.55. The molecule has 3 heteroatoms. The molecule has 1 aromatic rings. The van der Waals surface area contributed by atoms with Gasteiger partial charge in [0.25, 0.3) is 0 Å². The average molecular weight is 194 g/mol. The van der Waals surface area contributed by atoms with Crippen LogP contribution >= 0.6 is 0 Å². The van der Waals surface area contributed by atoms with E-state index in [9.17, 15) is 0 Å². The molecule has 2 unspecified atom stereocenters. The summed E-state index contributed by atoms with van der Waals surface area (Å²) in [6.07, 6.45) is 0. The third-order valence-electron chi connectivity index (χ3n) is 2.59. The molecule has 0 aromatic heterocycles. The molecular weight excluding hydrogens is 176 g/mol. The smallest absolute Gasteiger partial charge is 0.0601 e. The van der Waals surface area contributed by atoms with Gasteiger partial charge in [-0.2, -0.15) is 0 Å². The second-order valence-electron chi connectivity index (χ2n) is 3.72. The first-order chi connectivity index (χ1) is 6.56. The third kappa shape index (κ3) is 2.32. The van der Waals surface area contributed by atoms with Crippen LogP contribution in [0.1, 0.15) is 22.7 Å². The lowest BCUT2D eigenvalue weighted by Gasteiger charge is -2.18. The topological polar surface area (TPSA) is 72.3 Å². The largest absolute Gasteiger partial charge is 0.395 e. The maximum atomic E-state index is 8.89. The summed E-state index contributed by atoms with van der Waals surface area (Å²) in [6, 6.07) is 5.32. The van der Waals surface area contributed by atoms with Crippen LogP contribution < -0.4 is 11.5 Å². The zero-order chi connectivity index (χ0) is 10.7. The summed E-state index contributed by atoms with van der Waals surface area (Å²) in [5.74, 6) is 0. The molecule has 0 amide bonds. The molecule has 78 valence electrons. The predicted molar refractivity (Wildman–Crippen MR) is 57.9 cm³/mol. The van der Waals surface area contributed by atoms with Gasteiger partial charge in [-0.15, -0.1) is 0 Å². The van der Waals surface area contributed by atoms with Crippen LogP contribution in [0.5, 0.6) is 0 Å². The van der Waals surface area contributed by atoms with Crippen LogP contribution in [-0.4, -0.2) is 17.8 Å². The fraction of sp³-hybridized carbons (Fsp3) is 0.455. The Bertz CT molecular complexity index is 312. The van der Waals surface area contributed by atoms with E-state index in [2.05, 4.69) is 6.92 Å². The van der Waals surface area contributed by atoms with Gasteiger partial charge < -0.3 is 16.6 Å². The zero-order valence-corrected chi connectivity index (χ0v) is 8.70. The monoisotopic (exact) mass is 194 g/mol. The van der Waals surface area contributed by atoms with Crippen molar-refractivity contribution in [2.24, 2.45) is 11.5 Å². The van der Waals surface area contributed by atoms with Crippen LogP contribution in [0, 0.1) is 13.8 Å². The number of rotatable bonds is 3. The fourth-order valence-corrected chi connectivity index (χ4v) is 1.33. The number of benzene rings is 1. The maximum Gasteiger partial charge on any atom is 0.0601 e. The molecule has 0 fully saturated rings. The molecule has 0 aliphatic rings. The van der Waals surface area contributed by atoms with E-state index in [1.165, 1.54) is 11.1 Å². The summed E-state index contributed by atoms with van der Waals surface area (Å²) < 4.78 is 0. The zero-order valence-electron chi connectivity index (χ0n) is 8.70. The van der Waals surface area contributed by atoms with E-state index in [0.29, 0.717) is 0 Å². The Morgan fingerprint density at radius 1 is 1.21 bits per heavy atom. The molecule has 0 bridgehead atoms. The summed E-state index contributed by atoms with van der Waals surface area (Å²) in [6.45, 7) is 4.00. The summed E-state index contributed by atoms with van der Waals surface area (Å²) in [5, 5.41) is 8.89. The van der Waals surface area contributed by atoms with Gasteiger partial charge in [0, 0.05) is 12.1 Å². The molecule has 0 saturated heterocycles. The van der Waals surface area contributed by atoms with E-state index >= 15 is 0 Å². The lowest BCUT2D eigenvalue weighted by Crippen LogP contribution is -2.37. The van der Waals surface area contributed by atoms with Crippen LogP contribution in [0.4, 0.5) is 0 Å². The van der Waals surface area contributed by atoms with Crippen molar-refractivity contribution in [2.75, 3.05) is 6.61 Å². The molecule has 5 N–H and O–H groups in total. The Morgan fingerprint density at radius 3 is 2.36 bits per heavy atom. The molecule has 3 nitrogen and oxygen atoms in total. The molecule has 0 heterocycles. The van der Waals surface area contributed by atoms with Crippen LogP contribution in [0.2, 0.25) is 0 Å². The van der Waals surface area contributed by atoms with E-state index in [1.54, 1.807) is 0 Å². The predicted octanol–water partition coefficient (Wildman–Crippen LogP) is 0.623. The lowest BCUT2D eigenvalue weighted by atomic mass is 9.97. The summed E-state index contributed by atoms with van der Waals surface area (Å²) in [4.78, 5) is 0. The quantitative estimate of drug-likeness (QED) is 0.660. The van der Waals surface area contributed by atoms with Gasteiger partial charge in [-0.3, -0.25) is 0 Å². The van der Waals surface area contributed by atoms with Crippen LogP contribution in [0.3, 0.4) is 0 Å². The minimum Gasteiger partial charge on any atom is -0.395 e. The number of hydrogen-bond donors (Lipinski definition) is 3. The van der Waals surface area contributed by atoms with Crippen molar-refractivity contribution in [1.29, 1.82) is 0 Å². The van der Waals surface area contributed by atoms with Gasteiger partial charge in [0.2, 0.25) is 0 Å². The van der Waals surface area contributed by atoms with Gasteiger partial charge in [-0.05, 0) is 30.5 Å². The summed E-state index contributed by atoms with van der Waals surface area (Å²) in [5.41, 5.74) is 15.0. The normalized spacial score (nSPS) is 15.2. The van der Waals surface area contributed by atoms with Gasteiger partial charge in [0.05, 0.1) is 6.61 Å². The first-order valence-electron chi connectivity index (χ1n) is 4.75. The SMILES string of the molecule is Cc1ccc(C(N)C(N)CO)cc1C.